The molecular weight excluding hydrogens is 244 g/mol. The summed E-state index contributed by atoms with van der Waals surface area (Å²) in [4.78, 5) is 2.62. The maximum Gasteiger partial charge on any atom is 0.0402 e. The Kier molecular flexibility index (Phi) is 5.47. The highest BCUT2D eigenvalue weighted by molar-refractivity contribution is 5.55. The molecule has 1 aliphatic heterocycles. The molecular formula is C18H30N2. The molecule has 112 valence electrons. The molecule has 1 heterocycles. The summed E-state index contributed by atoms with van der Waals surface area (Å²) in [6.07, 6.45) is 3.64. The van der Waals surface area contributed by atoms with Crippen molar-refractivity contribution >= 4 is 5.69 Å². The SMILES string of the molecule is CCCc1ccccc1N1CC(C(C)CC)NCC1C. The van der Waals surface area contributed by atoms with Crippen LogP contribution in [0.25, 0.3) is 0 Å². The molecule has 1 fully saturated rings. The number of hydrogen-bond acceptors (Lipinski definition) is 2. The first kappa shape index (κ1) is 15.4. The van der Waals surface area contributed by atoms with Gasteiger partial charge in [0.2, 0.25) is 0 Å². The quantitative estimate of drug-likeness (QED) is 0.877. The van der Waals surface area contributed by atoms with Gasteiger partial charge in [-0.3, -0.25) is 0 Å². The minimum Gasteiger partial charge on any atom is -0.366 e. The molecule has 3 unspecified atom stereocenters. The van der Waals surface area contributed by atoms with E-state index in [0.29, 0.717) is 12.1 Å². The Morgan fingerprint density at radius 2 is 2.05 bits per heavy atom. The van der Waals surface area contributed by atoms with E-state index in [1.807, 2.05) is 0 Å². The normalized spacial score (nSPS) is 24.7. The molecule has 0 saturated carbocycles. The maximum atomic E-state index is 3.73. The van der Waals surface area contributed by atoms with E-state index in [9.17, 15) is 0 Å². The first-order valence-corrected chi connectivity index (χ1v) is 8.25. The number of aryl methyl sites for hydroxylation is 1. The number of anilines is 1. The zero-order valence-corrected chi connectivity index (χ0v) is 13.5. The van der Waals surface area contributed by atoms with Gasteiger partial charge >= 0.3 is 0 Å². The van der Waals surface area contributed by atoms with Crippen LogP contribution in [0.5, 0.6) is 0 Å². The van der Waals surface area contributed by atoms with Crippen LogP contribution >= 0.6 is 0 Å². The number of nitrogens with zero attached hydrogens (tertiary/aromatic N) is 1. The molecule has 1 saturated heterocycles. The van der Waals surface area contributed by atoms with Gasteiger partial charge in [0.25, 0.3) is 0 Å². The van der Waals surface area contributed by atoms with Crippen LogP contribution in [0.15, 0.2) is 24.3 Å². The average Bonchev–Trinajstić information content (AvgIpc) is 2.48. The summed E-state index contributed by atoms with van der Waals surface area (Å²) in [7, 11) is 0. The lowest BCUT2D eigenvalue weighted by atomic mass is 9.94. The first-order chi connectivity index (χ1) is 9.67. The van der Waals surface area contributed by atoms with Gasteiger partial charge in [0.15, 0.2) is 0 Å². The second kappa shape index (κ2) is 7.12. The third-order valence-electron chi connectivity index (χ3n) is 4.75. The molecule has 2 heteroatoms. The third kappa shape index (κ3) is 3.35. The monoisotopic (exact) mass is 274 g/mol. The number of hydrogen-bond donors (Lipinski definition) is 1. The van der Waals surface area contributed by atoms with Gasteiger partial charge in [-0.15, -0.1) is 0 Å². The van der Waals surface area contributed by atoms with Crippen molar-refractivity contribution in [3.05, 3.63) is 29.8 Å². The van der Waals surface area contributed by atoms with Crippen molar-refractivity contribution in [2.75, 3.05) is 18.0 Å². The Hall–Kier alpha value is -1.02. The number of para-hydroxylation sites is 1. The number of nitrogens with one attached hydrogen (secondary N) is 1. The summed E-state index contributed by atoms with van der Waals surface area (Å²) < 4.78 is 0. The Balaban J connectivity index is 2.20. The molecule has 2 nitrogen and oxygen atoms in total. The topological polar surface area (TPSA) is 15.3 Å². The van der Waals surface area contributed by atoms with Crippen LogP contribution in [-0.2, 0) is 6.42 Å². The van der Waals surface area contributed by atoms with Crippen LogP contribution < -0.4 is 10.2 Å². The van der Waals surface area contributed by atoms with Gasteiger partial charge in [-0.05, 0) is 30.9 Å². The molecule has 3 atom stereocenters. The zero-order valence-electron chi connectivity index (χ0n) is 13.5. The summed E-state index contributed by atoms with van der Waals surface area (Å²) in [6.45, 7) is 11.5. The van der Waals surface area contributed by atoms with Crippen LogP contribution in [0.3, 0.4) is 0 Å². The fourth-order valence-electron chi connectivity index (χ4n) is 3.16. The smallest absolute Gasteiger partial charge is 0.0402 e. The molecule has 1 aromatic carbocycles. The molecule has 0 amide bonds. The van der Waals surface area contributed by atoms with Gasteiger partial charge in [0, 0.05) is 30.9 Å². The van der Waals surface area contributed by atoms with Gasteiger partial charge in [-0.2, -0.15) is 0 Å². The van der Waals surface area contributed by atoms with Crippen molar-refractivity contribution in [1.82, 2.24) is 5.32 Å². The fourth-order valence-corrected chi connectivity index (χ4v) is 3.16. The van der Waals surface area contributed by atoms with Crippen LogP contribution in [0.2, 0.25) is 0 Å². The van der Waals surface area contributed by atoms with E-state index in [4.69, 9.17) is 0 Å². The first-order valence-electron chi connectivity index (χ1n) is 8.25. The van der Waals surface area contributed by atoms with Crippen LogP contribution in [0.4, 0.5) is 5.69 Å². The minimum atomic E-state index is 0.577. The second-order valence-corrected chi connectivity index (χ2v) is 6.28. The van der Waals surface area contributed by atoms with Gasteiger partial charge in [0.05, 0.1) is 0 Å². The molecule has 1 aromatic rings. The van der Waals surface area contributed by atoms with E-state index in [1.165, 1.54) is 30.5 Å². The summed E-state index contributed by atoms with van der Waals surface area (Å²) in [6, 6.07) is 10.2. The van der Waals surface area contributed by atoms with Gasteiger partial charge < -0.3 is 10.2 Å². The molecule has 1 N–H and O–H groups in total. The lowest BCUT2D eigenvalue weighted by Crippen LogP contribution is -2.57. The van der Waals surface area contributed by atoms with E-state index in [0.717, 1.165) is 19.0 Å². The van der Waals surface area contributed by atoms with Crippen molar-refractivity contribution in [3.63, 3.8) is 0 Å². The summed E-state index contributed by atoms with van der Waals surface area (Å²) in [5.74, 6) is 0.739. The average molecular weight is 274 g/mol. The lowest BCUT2D eigenvalue weighted by Gasteiger charge is -2.43. The van der Waals surface area contributed by atoms with E-state index < -0.39 is 0 Å². The summed E-state index contributed by atoms with van der Waals surface area (Å²) in [5, 5.41) is 3.73. The Morgan fingerprint density at radius 1 is 1.30 bits per heavy atom. The predicted octanol–water partition coefficient (Wildman–Crippen LogP) is 3.85. The van der Waals surface area contributed by atoms with Crippen molar-refractivity contribution in [3.8, 4) is 0 Å². The van der Waals surface area contributed by atoms with Crippen LogP contribution in [0, 0.1) is 5.92 Å². The Bertz CT molecular complexity index is 416. The van der Waals surface area contributed by atoms with Crippen LogP contribution in [0.1, 0.15) is 46.1 Å². The van der Waals surface area contributed by atoms with E-state index in [-0.39, 0.29) is 0 Å². The molecule has 0 aromatic heterocycles. The van der Waals surface area contributed by atoms with Crippen LogP contribution in [-0.4, -0.2) is 25.2 Å². The lowest BCUT2D eigenvalue weighted by molar-refractivity contribution is 0.315. The largest absolute Gasteiger partial charge is 0.366 e. The molecule has 0 bridgehead atoms. The van der Waals surface area contributed by atoms with Crippen molar-refractivity contribution in [1.29, 1.82) is 0 Å². The highest BCUT2D eigenvalue weighted by Gasteiger charge is 2.28. The highest BCUT2D eigenvalue weighted by Crippen LogP contribution is 2.27. The predicted molar refractivity (Wildman–Crippen MR) is 88.5 cm³/mol. The fraction of sp³-hybridized carbons (Fsp3) is 0.667. The number of rotatable bonds is 5. The van der Waals surface area contributed by atoms with Gasteiger partial charge in [-0.1, -0.05) is 51.8 Å². The Morgan fingerprint density at radius 3 is 2.75 bits per heavy atom. The van der Waals surface area contributed by atoms with Crippen molar-refractivity contribution in [2.24, 2.45) is 5.92 Å². The second-order valence-electron chi connectivity index (χ2n) is 6.28. The van der Waals surface area contributed by atoms with E-state index >= 15 is 0 Å². The zero-order chi connectivity index (χ0) is 14.5. The highest BCUT2D eigenvalue weighted by atomic mass is 15.2. The molecule has 0 radical (unpaired) electrons. The number of benzene rings is 1. The van der Waals surface area contributed by atoms with E-state index in [2.05, 4.69) is 62.2 Å². The van der Waals surface area contributed by atoms with Gasteiger partial charge in [-0.25, -0.2) is 0 Å². The molecule has 0 aliphatic carbocycles. The molecule has 0 spiro atoms. The van der Waals surface area contributed by atoms with E-state index in [1.54, 1.807) is 0 Å². The standard InChI is InChI=1S/C18H30N2/c1-5-9-16-10-7-8-11-18(16)20-13-17(14(3)6-2)19-12-15(20)4/h7-8,10-11,14-15,17,19H,5-6,9,12-13H2,1-4H3. The van der Waals surface area contributed by atoms with Crippen molar-refractivity contribution < 1.29 is 0 Å². The van der Waals surface area contributed by atoms with Gasteiger partial charge in [0.1, 0.15) is 0 Å². The molecule has 2 rings (SSSR count). The molecule has 20 heavy (non-hydrogen) atoms. The number of piperazine rings is 1. The summed E-state index contributed by atoms with van der Waals surface area (Å²) in [5.41, 5.74) is 2.96. The molecule has 1 aliphatic rings. The van der Waals surface area contributed by atoms with Crippen molar-refractivity contribution in [2.45, 2.75) is 59.0 Å². The third-order valence-corrected chi connectivity index (χ3v) is 4.75. The maximum absolute atomic E-state index is 3.73. The minimum absolute atomic E-state index is 0.577. The Labute approximate surface area is 124 Å². The summed E-state index contributed by atoms with van der Waals surface area (Å²) >= 11 is 0.